The Morgan fingerprint density at radius 2 is 2.00 bits per heavy atom. The molecule has 0 bridgehead atoms. The third kappa shape index (κ3) is 3.85. The average Bonchev–Trinajstić information content (AvgIpc) is 3.29. The molecule has 27 heavy (non-hydrogen) atoms. The fourth-order valence-corrected chi connectivity index (χ4v) is 4.04. The van der Waals surface area contributed by atoms with Crippen LogP contribution in [-0.2, 0) is 22.6 Å². The molecule has 1 fully saturated rings. The molecule has 2 aromatic carbocycles. The molecule has 0 aliphatic carbocycles. The van der Waals surface area contributed by atoms with Crippen LogP contribution in [0.2, 0.25) is 0 Å². The maximum absolute atomic E-state index is 12.6. The van der Waals surface area contributed by atoms with E-state index < -0.39 is 0 Å². The molecule has 0 spiro atoms. The lowest BCUT2D eigenvalue weighted by molar-refractivity contribution is -0.128. The van der Waals surface area contributed by atoms with Crippen LogP contribution >= 0.6 is 11.3 Å². The van der Waals surface area contributed by atoms with Crippen molar-refractivity contribution in [3.8, 4) is 0 Å². The molecule has 2 heterocycles. The maximum Gasteiger partial charge on any atom is 0.229 e. The summed E-state index contributed by atoms with van der Waals surface area (Å²) in [5.74, 6) is -0.398. The number of hydrogen-bond donors (Lipinski definition) is 1. The van der Waals surface area contributed by atoms with E-state index in [2.05, 4.69) is 41.5 Å². The normalized spacial score (nSPS) is 16.9. The van der Waals surface area contributed by atoms with Gasteiger partial charge in [0, 0.05) is 25.2 Å². The van der Waals surface area contributed by atoms with Gasteiger partial charge in [0.25, 0.3) is 0 Å². The fraction of sp³-hybridized carbons (Fsp3) is 0.286. The van der Waals surface area contributed by atoms with Crippen LogP contribution in [0.1, 0.15) is 24.5 Å². The van der Waals surface area contributed by atoms with Crippen LogP contribution in [0.5, 0.6) is 0 Å². The van der Waals surface area contributed by atoms with Crippen LogP contribution in [0.25, 0.3) is 10.2 Å². The van der Waals surface area contributed by atoms with Gasteiger partial charge in [0.05, 0.1) is 21.6 Å². The molecule has 3 aromatic rings. The zero-order valence-electron chi connectivity index (χ0n) is 15.1. The molecule has 1 N–H and O–H groups in total. The summed E-state index contributed by atoms with van der Waals surface area (Å²) in [5.41, 5.74) is 5.75. The zero-order chi connectivity index (χ0) is 18.8. The Balaban J connectivity index is 1.39. The number of likely N-dealkylation sites (tertiary alicyclic amines) is 1. The number of carbonyl (C=O) groups excluding carboxylic acids is 2. The smallest absolute Gasteiger partial charge is 0.229 e. The lowest BCUT2D eigenvalue weighted by Crippen LogP contribution is -2.28. The van der Waals surface area contributed by atoms with Gasteiger partial charge in [-0.3, -0.25) is 9.59 Å². The van der Waals surface area contributed by atoms with Gasteiger partial charge >= 0.3 is 0 Å². The van der Waals surface area contributed by atoms with Crippen LogP contribution in [0.15, 0.2) is 48.0 Å². The highest BCUT2D eigenvalue weighted by Crippen LogP contribution is 2.24. The summed E-state index contributed by atoms with van der Waals surface area (Å²) in [5, 5.41) is 2.93. The third-order valence-corrected chi connectivity index (χ3v) is 5.80. The number of aryl methyl sites for hydroxylation is 1. The molecule has 138 valence electrons. The molecule has 1 aromatic heterocycles. The second-order valence-corrected chi connectivity index (χ2v) is 7.76. The number of anilines is 1. The molecular formula is C21H21N3O2S. The van der Waals surface area contributed by atoms with E-state index in [0.717, 1.165) is 27.9 Å². The van der Waals surface area contributed by atoms with Gasteiger partial charge < -0.3 is 10.2 Å². The summed E-state index contributed by atoms with van der Waals surface area (Å²) in [6.07, 6.45) is 1.26. The maximum atomic E-state index is 12.6. The predicted octanol–water partition coefficient (Wildman–Crippen LogP) is 3.85. The third-order valence-electron chi connectivity index (χ3n) is 4.99. The van der Waals surface area contributed by atoms with Gasteiger partial charge in [0.1, 0.15) is 0 Å². The number of carbonyl (C=O) groups is 2. The van der Waals surface area contributed by atoms with E-state index in [4.69, 9.17) is 0 Å². The first-order valence-corrected chi connectivity index (χ1v) is 10.00. The standard InChI is InChI=1S/C21H21N3O2S/c1-2-14-3-5-15(6-4-14)11-24-12-16(9-20(24)25)21(26)23-17-7-8-19-18(10-17)22-13-27-19/h3-8,10,13,16H,2,9,11-12H2,1H3,(H,23,26). The van der Waals surface area contributed by atoms with Crippen molar-refractivity contribution in [2.24, 2.45) is 5.92 Å². The number of nitrogens with one attached hydrogen (secondary N) is 1. The van der Waals surface area contributed by atoms with E-state index in [1.165, 1.54) is 5.56 Å². The number of amides is 2. The van der Waals surface area contributed by atoms with Crippen molar-refractivity contribution in [1.29, 1.82) is 0 Å². The van der Waals surface area contributed by atoms with Gasteiger partial charge in [-0.05, 0) is 35.7 Å². The lowest BCUT2D eigenvalue weighted by atomic mass is 10.1. The first-order valence-electron chi connectivity index (χ1n) is 9.12. The number of aromatic nitrogens is 1. The minimum absolute atomic E-state index is 0.0321. The van der Waals surface area contributed by atoms with E-state index in [1.54, 1.807) is 21.7 Å². The molecule has 1 aliphatic heterocycles. The summed E-state index contributed by atoms with van der Waals surface area (Å²) in [4.78, 5) is 31.0. The van der Waals surface area contributed by atoms with E-state index >= 15 is 0 Å². The second-order valence-electron chi connectivity index (χ2n) is 6.87. The summed E-state index contributed by atoms with van der Waals surface area (Å²) < 4.78 is 1.09. The van der Waals surface area contributed by atoms with Gasteiger partial charge in [-0.2, -0.15) is 0 Å². The Kier molecular flexibility index (Phi) is 4.90. The molecule has 1 atom stereocenters. The van der Waals surface area contributed by atoms with Gasteiger partial charge in [-0.25, -0.2) is 4.98 Å². The molecule has 0 radical (unpaired) electrons. The van der Waals surface area contributed by atoms with Crippen LogP contribution < -0.4 is 5.32 Å². The van der Waals surface area contributed by atoms with Crippen molar-refractivity contribution < 1.29 is 9.59 Å². The number of hydrogen-bond acceptors (Lipinski definition) is 4. The first kappa shape index (κ1) is 17.7. The predicted molar refractivity (Wildman–Crippen MR) is 108 cm³/mol. The van der Waals surface area contributed by atoms with E-state index in [0.29, 0.717) is 13.1 Å². The monoisotopic (exact) mass is 379 g/mol. The van der Waals surface area contributed by atoms with Crippen molar-refractivity contribution in [1.82, 2.24) is 9.88 Å². The Hall–Kier alpha value is -2.73. The topological polar surface area (TPSA) is 62.3 Å². The van der Waals surface area contributed by atoms with E-state index in [-0.39, 0.29) is 24.2 Å². The quantitative estimate of drug-likeness (QED) is 0.732. The average molecular weight is 379 g/mol. The number of benzene rings is 2. The van der Waals surface area contributed by atoms with Crippen molar-refractivity contribution in [3.63, 3.8) is 0 Å². The fourth-order valence-electron chi connectivity index (χ4n) is 3.38. The van der Waals surface area contributed by atoms with Gasteiger partial charge in [0.15, 0.2) is 0 Å². The molecule has 0 saturated carbocycles. The largest absolute Gasteiger partial charge is 0.338 e. The van der Waals surface area contributed by atoms with Crippen LogP contribution in [0, 0.1) is 5.92 Å². The Morgan fingerprint density at radius 1 is 1.22 bits per heavy atom. The van der Waals surface area contributed by atoms with Crippen molar-refractivity contribution in [2.45, 2.75) is 26.3 Å². The molecule has 2 amide bonds. The van der Waals surface area contributed by atoms with Crippen molar-refractivity contribution in [2.75, 3.05) is 11.9 Å². The Labute approximate surface area is 162 Å². The van der Waals surface area contributed by atoms with Crippen LogP contribution in [0.4, 0.5) is 5.69 Å². The SMILES string of the molecule is CCc1ccc(CN2CC(C(=O)Nc3ccc4scnc4c3)CC2=O)cc1. The van der Waals surface area contributed by atoms with Gasteiger partial charge in [-0.1, -0.05) is 31.2 Å². The Morgan fingerprint density at radius 3 is 2.78 bits per heavy atom. The molecule has 5 nitrogen and oxygen atoms in total. The van der Waals surface area contributed by atoms with Crippen molar-refractivity contribution >= 4 is 39.1 Å². The molecule has 1 saturated heterocycles. The minimum atomic E-state index is -0.321. The summed E-state index contributed by atoms with van der Waals surface area (Å²) in [6.45, 7) is 3.13. The molecule has 1 aliphatic rings. The number of fused-ring (bicyclic) bond motifs is 1. The van der Waals surface area contributed by atoms with E-state index in [9.17, 15) is 9.59 Å². The number of thiazole rings is 1. The molecular weight excluding hydrogens is 358 g/mol. The van der Waals surface area contributed by atoms with Crippen molar-refractivity contribution in [3.05, 3.63) is 59.1 Å². The molecule has 1 unspecified atom stereocenters. The van der Waals surface area contributed by atoms with Gasteiger partial charge in [-0.15, -0.1) is 11.3 Å². The first-order chi connectivity index (χ1) is 13.1. The number of nitrogens with zero attached hydrogens (tertiary/aromatic N) is 2. The summed E-state index contributed by atoms with van der Waals surface area (Å²) >= 11 is 1.57. The Bertz CT molecular complexity index is 981. The van der Waals surface area contributed by atoms with E-state index in [1.807, 2.05) is 18.2 Å². The van der Waals surface area contributed by atoms with Crippen LogP contribution in [-0.4, -0.2) is 28.2 Å². The molecule has 6 heteroatoms. The second kappa shape index (κ2) is 7.48. The highest BCUT2D eigenvalue weighted by atomic mass is 32.1. The number of rotatable bonds is 5. The van der Waals surface area contributed by atoms with Crippen LogP contribution in [0.3, 0.4) is 0 Å². The summed E-state index contributed by atoms with van der Waals surface area (Å²) in [7, 11) is 0. The highest BCUT2D eigenvalue weighted by molar-refractivity contribution is 7.16. The molecule has 4 rings (SSSR count). The minimum Gasteiger partial charge on any atom is -0.338 e. The van der Waals surface area contributed by atoms with Gasteiger partial charge in [0.2, 0.25) is 11.8 Å². The summed E-state index contributed by atoms with van der Waals surface area (Å²) in [6, 6.07) is 14.0. The highest BCUT2D eigenvalue weighted by Gasteiger charge is 2.34. The zero-order valence-corrected chi connectivity index (χ0v) is 16.0. The lowest BCUT2D eigenvalue weighted by Gasteiger charge is -2.17.